The lowest BCUT2D eigenvalue weighted by Gasteiger charge is -2.34. The zero-order valence-electron chi connectivity index (χ0n) is 11.1. The molecule has 0 saturated carbocycles. The van der Waals surface area contributed by atoms with Crippen molar-refractivity contribution in [3.8, 4) is 0 Å². The molecule has 2 N–H and O–H groups in total. The highest BCUT2D eigenvalue weighted by Crippen LogP contribution is 2.38. The number of hydrogen-bond donors (Lipinski definition) is 2. The molecule has 3 heterocycles. The quantitative estimate of drug-likeness (QED) is 0.823. The first-order valence-electron chi connectivity index (χ1n) is 7.34. The number of para-hydroxylation sites is 1. The van der Waals surface area contributed by atoms with Crippen LogP contribution in [0.1, 0.15) is 30.1 Å². The van der Waals surface area contributed by atoms with Gasteiger partial charge < -0.3 is 15.0 Å². The molecule has 1 atom stereocenters. The highest BCUT2D eigenvalue weighted by Gasteiger charge is 2.31. The second kappa shape index (κ2) is 4.66. The first-order chi connectivity index (χ1) is 9.43. The van der Waals surface area contributed by atoms with E-state index in [1.807, 2.05) is 0 Å². The molecule has 0 spiro atoms. The van der Waals surface area contributed by atoms with Crippen molar-refractivity contribution in [1.82, 2.24) is 10.3 Å². The van der Waals surface area contributed by atoms with Crippen molar-refractivity contribution >= 4 is 10.9 Å². The molecular formula is C16H20N2O. The van der Waals surface area contributed by atoms with Crippen LogP contribution in [0.15, 0.2) is 24.3 Å². The minimum absolute atomic E-state index is 0.504. The van der Waals surface area contributed by atoms with Gasteiger partial charge in [0.15, 0.2) is 0 Å². The van der Waals surface area contributed by atoms with E-state index < -0.39 is 0 Å². The second-order valence-corrected chi connectivity index (χ2v) is 5.69. The van der Waals surface area contributed by atoms with Crippen LogP contribution in [-0.2, 0) is 11.2 Å². The molecule has 1 unspecified atom stereocenters. The van der Waals surface area contributed by atoms with E-state index in [2.05, 4.69) is 34.6 Å². The Morgan fingerprint density at radius 3 is 2.84 bits per heavy atom. The predicted octanol–water partition coefficient (Wildman–Crippen LogP) is 2.78. The number of H-pyrrole nitrogens is 1. The molecule has 0 aliphatic carbocycles. The van der Waals surface area contributed by atoms with E-state index >= 15 is 0 Å². The third kappa shape index (κ3) is 1.88. The van der Waals surface area contributed by atoms with E-state index in [1.54, 1.807) is 0 Å². The van der Waals surface area contributed by atoms with Crippen LogP contribution in [0.3, 0.4) is 0 Å². The van der Waals surface area contributed by atoms with E-state index in [-0.39, 0.29) is 0 Å². The third-order valence-electron chi connectivity index (χ3n) is 4.62. The number of aromatic amines is 1. The van der Waals surface area contributed by atoms with E-state index in [4.69, 9.17) is 4.74 Å². The Kier molecular flexibility index (Phi) is 2.82. The summed E-state index contributed by atoms with van der Waals surface area (Å²) in [5.74, 6) is 0.715. The highest BCUT2D eigenvalue weighted by atomic mass is 16.5. The molecule has 0 bridgehead atoms. The number of aromatic nitrogens is 1. The van der Waals surface area contributed by atoms with E-state index in [1.165, 1.54) is 35.0 Å². The number of ether oxygens (including phenoxy) is 1. The Morgan fingerprint density at radius 1 is 1.11 bits per heavy atom. The topological polar surface area (TPSA) is 37.0 Å². The number of benzene rings is 1. The molecule has 3 heteroatoms. The largest absolute Gasteiger partial charge is 0.381 e. The Bertz CT molecular complexity index is 583. The summed E-state index contributed by atoms with van der Waals surface area (Å²) < 4.78 is 5.51. The van der Waals surface area contributed by atoms with E-state index in [0.717, 1.165) is 26.2 Å². The van der Waals surface area contributed by atoms with Crippen molar-refractivity contribution < 1.29 is 4.74 Å². The van der Waals surface area contributed by atoms with Gasteiger partial charge in [-0.05, 0) is 30.4 Å². The van der Waals surface area contributed by atoms with Gasteiger partial charge in [-0.25, -0.2) is 0 Å². The molecule has 1 aromatic heterocycles. The summed E-state index contributed by atoms with van der Waals surface area (Å²) in [6, 6.07) is 9.20. The second-order valence-electron chi connectivity index (χ2n) is 5.69. The molecule has 2 aliphatic rings. The van der Waals surface area contributed by atoms with E-state index in [9.17, 15) is 0 Å². The monoisotopic (exact) mass is 256 g/mol. The molecule has 1 saturated heterocycles. The van der Waals surface area contributed by atoms with Crippen LogP contribution in [0.2, 0.25) is 0 Å². The van der Waals surface area contributed by atoms with Gasteiger partial charge in [-0.15, -0.1) is 0 Å². The van der Waals surface area contributed by atoms with Gasteiger partial charge in [0.25, 0.3) is 0 Å². The van der Waals surface area contributed by atoms with Crippen molar-refractivity contribution in [3.05, 3.63) is 35.5 Å². The molecule has 2 aromatic rings. The number of nitrogens with one attached hydrogen (secondary N) is 2. The summed E-state index contributed by atoms with van der Waals surface area (Å²) in [6.45, 7) is 2.92. The minimum atomic E-state index is 0.504. The zero-order chi connectivity index (χ0) is 12.7. The maximum Gasteiger partial charge on any atom is 0.0469 e. The van der Waals surface area contributed by atoms with Crippen molar-refractivity contribution in [2.75, 3.05) is 19.8 Å². The lowest BCUT2D eigenvalue weighted by Crippen LogP contribution is -2.36. The molecule has 0 radical (unpaired) electrons. The number of fused-ring (bicyclic) bond motifs is 3. The van der Waals surface area contributed by atoms with Crippen LogP contribution in [0.5, 0.6) is 0 Å². The zero-order valence-corrected chi connectivity index (χ0v) is 11.1. The Balaban J connectivity index is 1.80. The summed E-state index contributed by atoms with van der Waals surface area (Å²) in [5, 5.41) is 5.15. The molecule has 100 valence electrons. The summed E-state index contributed by atoms with van der Waals surface area (Å²) in [7, 11) is 0. The van der Waals surface area contributed by atoms with Gasteiger partial charge in [0.1, 0.15) is 0 Å². The van der Waals surface area contributed by atoms with Gasteiger partial charge in [-0.3, -0.25) is 0 Å². The summed E-state index contributed by atoms with van der Waals surface area (Å²) in [4.78, 5) is 3.61. The Labute approximate surface area is 113 Å². The van der Waals surface area contributed by atoms with Gasteiger partial charge in [0, 0.05) is 48.8 Å². The van der Waals surface area contributed by atoms with Gasteiger partial charge >= 0.3 is 0 Å². The maximum atomic E-state index is 5.51. The fraction of sp³-hybridized carbons (Fsp3) is 0.500. The van der Waals surface area contributed by atoms with Gasteiger partial charge in [-0.2, -0.15) is 0 Å². The maximum absolute atomic E-state index is 5.51. The van der Waals surface area contributed by atoms with Crippen molar-refractivity contribution in [3.63, 3.8) is 0 Å². The molecule has 0 amide bonds. The Morgan fingerprint density at radius 2 is 1.95 bits per heavy atom. The van der Waals surface area contributed by atoms with Crippen molar-refractivity contribution in [2.24, 2.45) is 5.92 Å². The first-order valence-corrected chi connectivity index (χ1v) is 7.34. The average molecular weight is 256 g/mol. The molecule has 4 rings (SSSR count). The van der Waals surface area contributed by atoms with Gasteiger partial charge in [0.05, 0.1) is 0 Å². The predicted molar refractivity (Wildman–Crippen MR) is 76.3 cm³/mol. The summed E-state index contributed by atoms with van der Waals surface area (Å²) in [6.07, 6.45) is 3.47. The fourth-order valence-electron chi connectivity index (χ4n) is 3.68. The third-order valence-corrected chi connectivity index (χ3v) is 4.62. The van der Waals surface area contributed by atoms with Crippen LogP contribution >= 0.6 is 0 Å². The average Bonchev–Trinajstić information content (AvgIpc) is 2.86. The van der Waals surface area contributed by atoms with Crippen LogP contribution in [-0.4, -0.2) is 24.7 Å². The summed E-state index contributed by atoms with van der Waals surface area (Å²) in [5.41, 5.74) is 4.25. The Hall–Kier alpha value is -1.32. The normalized spacial score (nSPS) is 24.5. The number of rotatable bonds is 1. The van der Waals surface area contributed by atoms with Crippen LogP contribution in [0, 0.1) is 5.92 Å². The highest BCUT2D eigenvalue weighted by molar-refractivity contribution is 5.85. The standard InChI is InChI=1S/C16H20N2O/c1-2-4-13-12(3-1)15-14(18-13)5-8-17-16(15)11-6-9-19-10-7-11/h1-4,11,16-18H,5-10H2. The molecule has 19 heavy (non-hydrogen) atoms. The molecule has 2 aliphatic heterocycles. The van der Waals surface area contributed by atoms with Crippen LogP contribution in [0.4, 0.5) is 0 Å². The SMILES string of the molecule is c1ccc2c3c([nH]c2c1)CCNC3C1CCOCC1. The van der Waals surface area contributed by atoms with Gasteiger partial charge in [-0.1, -0.05) is 18.2 Å². The molecule has 1 aromatic carbocycles. The fourth-order valence-corrected chi connectivity index (χ4v) is 3.68. The first kappa shape index (κ1) is 11.5. The molecule has 1 fully saturated rings. The van der Waals surface area contributed by atoms with Crippen molar-refractivity contribution in [1.29, 1.82) is 0 Å². The lowest BCUT2D eigenvalue weighted by molar-refractivity contribution is 0.0529. The van der Waals surface area contributed by atoms with Crippen LogP contribution < -0.4 is 5.32 Å². The number of hydrogen-bond acceptors (Lipinski definition) is 2. The van der Waals surface area contributed by atoms with Gasteiger partial charge in [0.2, 0.25) is 0 Å². The smallest absolute Gasteiger partial charge is 0.0469 e. The molecular weight excluding hydrogens is 236 g/mol. The summed E-state index contributed by atoms with van der Waals surface area (Å²) >= 11 is 0. The van der Waals surface area contributed by atoms with E-state index in [0.29, 0.717) is 12.0 Å². The van der Waals surface area contributed by atoms with Crippen molar-refractivity contribution in [2.45, 2.75) is 25.3 Å². The van der Waals surface area contributed by atoms with Crippen LogP contribution in [0.25, 0.3) is 10.9 Å². The molecule has 3 nitrogen and oxygen atoms in total. The minimum Gasteiger partial charge on any atom is -0.381 e. The lowest BCUT2D eigenvalue weighted by atomic mass is 9.83.